The number of imidazole rings is 1. The second kappa shape index (κ2) is 6.99. The first-order chi connectivity index (χ1) is 14.0. The van der Waals surface area contributed by atoms with Gasteiger partial charge < -0.3 is 15.6 Å². The lowest BCUT2D eigenvalue weighted by Crippen LogP contribution is -2.42. The Morgan fingerprint density at radius 3 is 2.76 bits per heavy atom. The number of fused-ring (bicyclic) bond motifs is 1. The zero-order valence-corrected chi connectivity index (χ0v) is 17.1. The second-order valence-corrected chi connectivity index (χ2v) is 8.80. The minimum absolute atomic E-state index is 0.0822. The molecule has 1 saturated carbocycles. The molecule has 2 fully saturated rings. The quantitative estimate of drug-likeness (QED) is 0.548. The summed E-state index contributed by atoms with van der Waals surface area (Å²) in [7, 11) is 0. The number of H-pyrrole nitrogens is 2. The Morgan fingerprint density at radius 1 is 1.24 bits per heavy atom. The fourth-order valence-electron chi connectivity index (χ4n) is 4.59. The van der Waals surface area contributed by atoms with Crippen molar-refractivity contribution in [2.75, 3.05) is 13.1 Å². The molecule has 4 N–H and O–H groups in total. The van der Waals surface area contributed by atoms with E-state index in [1.54, 1.807) is 0 Å². The van der Waals surface area contributed by atoms with Crippen molar-refractivity contribution in [3.05, 3.63) is 35.0 Å². The number of hydrogen-bond acceptors (Lipinski definition) is 4. The van der Waals surface area contributed by atoms with Crippen molar-refractivity contribution in [2.45, 2.75) is 57.4 Å². The number of hydrogen-bond donors (Lipinski definition) is 4. The number of carbonyl (C=O) groups is 1. The summed E-state index contributed by atoms with van der Waals surface area (Å²) in [5, 5.41) is 13.9. The van der Waals surface area contributed by atoms with Crippen molar-refractivity contribution < 1.29 is 4.79 Å². The number of nitrogens with one attached hydrogen (secondary N) is 4. The SMILES string of the molecule is Cc1[nH]nc(-c2nc3cc(C4(C)CCC4)ccc3[nH]2)c1C(=O)NC1CCNCC1. The van der Waals surface area contributed by atoms with Crippen molar-refractivity contribution in [2.24, 2.45) is 0 Å². The number of piperidine rings is 1. The molecule has 1 aromatic carbocycles. The highest BCUT2D eigenvalue weighted by atomic mass is 16.1. The molecule has 3 heterocycles. The highest BCUT2D eigenvalue weighted by molar-refractivity contribution is 6.01. The summed E-state index contributed by atoms with van der Waals surface area (Å²) in [6.45, 7) is 6.08. The molecule has 1 aliphatic heterocycles. The minimum Gasteiger partial charge on any atom is -0.349 e. The van der Waals surface area contributed by atoms with Crippen LogP contribution in [-0.4, -0.2) is 45.2 Å². The summed E-state index contributed by atoms with van der Waals surface area (Å²) >= 11 is 0. The van der Waals surface area contributed by atoms with Crippen molar-refractivity contribution in [1.29, 1.82) is 0 Å². The van der Waals surface area contributed by atoms with Gasteiger partial charge in [-0.3, -0.25) is 9.89 Å². The van der Waals surface area contributed by atoms with Crippen LogP contribution in [0.1, 0.15) is 60.6 Å². The molecule has 2 aromatic heterocycles. The standard InChI is InChI=1S/C22H28N6O/c1-13-18(21(29)24-15-6-10-23-11-7-15)19(28-27-13)20-25-16-5-4-14(12-17(16)26-20)22(2)8-3-9-22/h4-5,12,15,23H,3,6-11H2,1-2H3,(H,24,29)(H,25,26)(H,27,28). The van der Waals surface area contributed by atoms with Gasteiger partial charge in [-0.25, -0.2) is 4.98 Å². The average Bonchev–Trinajstić information content (AvgIpc) is 3.29. The highest BCUT2D eigenvalue weighted by Crippen LogP contribution is 2.43. The summed E-state index contributed by atoms with van der Waals surface area (Å²) in [4.78, 5) is 21.1. The first kappa shape index (κ1) is 18.4. The molecule has 0 radical (unpaired) electrons. The first-order valence-corrected chi connectivity index (χ1v) is 10.6. The van der Waals surface area contributed by atoms with Crippen LogP contribution < -0.4 is 10.6 Å². The van der Waals surface area contributed by atoms with Crippen LogP contribution in [-0.2, 0) is 5.41 Å². The molecule has 152 valence electrons. The maximum Gasteiger partial charge on any atom is 0.255 e. The van der Waals surface area contributed by atoms with Gasteiger partial charge in [0.2, 0.25) is 0 Å². The number of rotatable bonds is 4. The molecule has 0 unspecified atom stereocenters. The third-order valence-corrected chi connectivity index (χ3v) is 6.71. The summed E-state index contributed by atoms with van der Waals surface area (Å²) in [6.07, 6.45) is 5.65. The van der Waals surface area contributed by atoms with Gasteiger partial charge in [-0.1, -0.05) is 19.4 Å². The predicted molar refractivity (Wildman–Crippen MR) is 113 cm³/mol. The molecule has 3 aromatic rings. The molecule has 5 rings (SSSR count). The smallest absolute Gasteiger partial charge is 0.255 e. The molecular formula is C22H28N6O. The van der Waals surface area contributed by atoms with E-state index in [4.69, 9.17) is 4.98 Å². The third-order valence-electron chi connectivity index (χ3n) is 6.71. The van der Waals surface area contributed by atoms with Crippen molar-refractivity contribution >= 4 is 16.9 Å². The van der Waals surface area contributed by atoms with E-state index >= 15 is 0 Å². The Labute approximate surface area is 170 Å². The Balaban J connectivity index is 1.46. The molecule has 29 heavy (non-hydrogen) atoms. The number of nitrogens with zero attached hydrogens (tertiary/aromatic N) is 2. The number of aryl methyl sites for hydroxylation is 1. The van der Waals surface area contributed by atoms with Gasteiger partial charge in [0.05, 0.1) is 16.6 Å². The summed E-state index contributed by atoms with van der Waals surface area (Å²) in [6, 6.07) is 6.68. The van der Waals surface area contributed by atoms with Gasteiger partial charge in [-0.2, -0.15) is 5.10 Å². The minimum atomic E-state index is -0.0822. The fourth-order valence-corrected chi connectivity index (χ4v) is 4.59. The molecule has 2 aliphatic rings. The number of benzene rings is 1. The Hall–Kier alpha value is -2.67. The van der Waals surface area contributed by atoms with E-state index in [0.717, 1.165) is 42.7 Å². The molecule has 1 aliphatic carbocycles. The lowest BCUT2D eigenvalue weighted by atomic mass is 9.66. The Bertz CT molecular complexity index is 1050. The normalized spacial score (nSPS) is 19.2. The predicted octanol–water partition coefficient (Wildman–Crippen LogP) is 3.18. The third kappa shape index (κ3) is 3.23. The van der Waals surface area contributed by atoms with E-state index < -0.39 is 0 Å². The van der Waals surface area contributed by atoms with Gasteiger partial charge in [-0.15, -0.1) is 0 Å². The average molecular weight is 393 g/mol. The molecule has 1 amide bonds. The number of amides is 1. The van der Waals surface area contributed by atoms with Gasteiger partial charge >= 0.3 is 0 Å². The zero-order chi connectivity index (χ0) is 20.0. The summed E-state index contributed by atoms with van der Waals surface area (Å²) in [5.41, 5.74) is 5.44. The maximum atomic E-state index is 13.0. The largest absolute Gasteiger partial charge is 0.349 e. The van der Waals surface area contributed by atoms with Crippen molar-refractivity contribution in [1.82, 2.24) is 30.8 Å². The number of aromatic nitrogens is 4. The van der Waals surface area contributed by atoms with Gasteiger partial charge in [0.15, 0.2) is 5.82 Å². The second-order valence-electron chi connectivity index (χ2n) is 8.80. The summed E-state index contributed by atoms with van der Waals surface area (Å²) < 4.78 is 0. The first-order valence-electron chi connectivity index (χ1n) is 10.6. The number of carbonyl (C=O) groups excluding carboxylic acids is 1. The Morgan fingerprint density at radius 2 is 2.03 bits per heavy atom. The Kier molecular flexibility index (Phi) is 4.42. The highest BCUT2D eigenvalue weighted by Gasteiger charge is 2.34. The maximum absolute atomic E-state index is 13.0. The van der Waals surface area contributed by atoms with E-state index in [1.165, 1.54) is 24.8 Å². The molecule has 0 spiro atoms. The molecular weight excluding hydrogens is 364 g/mol. The van der Waals surface area contributed by atoms with Crippen LogP contribution in [0.2, 0.25) is 0 Å². The van der Waals surface area contributed by atoms with E-state index in [2.05, 4.69) is 50.9 Å². The van der Waals surface area contributed by atoms with E-state index in [9.17, 15) is 4.79 Å². The van der Waals surface area contributed by atoms with E-state index in [-0.39, 0.29) is 17.4 Å². The molecule has 7 nitrogen and oxygen atoms in total. The fraction of sp³-hybridized carbons (Fsp3) is 0.500. The van der Waals surface area contributed by atoms with Gasteiger partial charge in [-0.05, 0) is 68.8 Å². The monoisotopic (exact) mass is 392 g/mol. The molecule has 1 saturated heterocycles. The van der Waals surface area contributed by atoms with Crippen LogP contribution in [0.5, 0.6) is 0 Å². The van der Waals surface area contributed by atoms with Crippen LogP contribution >= 0.6 is 0 Å². The molecule has 0 bridgehead atoms. The van der Waals surface area contributed by atoms with E-state index in [1.807, 2.05) is 6.92 Å². The van der Waals surface area contributed by atoms with Crippen molar-refractivity contribution in [3.63, 3.8) is 0 Å². The van der Waals surface area contributed by atoms with Crippen LogP contribution in [0, 0.1) is 6.92 Å². The lowest BCUT2D eigenvalue weighted by Gasteiger charge is -2.38. The van der Waals surface area contributed by atoms with Gasteiger partial charge in [0.25, 0.3) is 5.91 Å². The number of aromatic amines is 2. The van der Waals surface area contributed by atoms with Crippen LogP contribution in [0.25, 0.3) is 22.6 Å². The van der Waals surface area contributed by atoms with Gasteiger partial charge in [0, 0.05) is 11.7 Å². The topological polar surface area (TPSA) is 98.5 Å². The molecule has 0 atom stereocenters. The van der Waals surface area contributed by atoms with Crippen LogP contribution in [0.3, 0.4) is 0 Å². The van der Waals surface area contributed by atoms with E-state index in [0.29, 0.717) is 17.1 Å². The van der Waals surface area contributed by atoms with Crippen LogP contribution in [0.4, 0.5) is 0 Å². The zero-order valence-electron chi connectivity index (χ0n) is 17.1. The van der Waals surface area contributed by atoms with Gasteiger partial charge in [0.1, 0.15) is 5.69 Å². The molecule has 7 heteroatoms. The summed E-state index contributed by atoms with van der Waals surface area (Å²) in [5.74, 6) is 0.553. The lowest BCUT2D eigenvalue weighted by molar-refractivity contribution is 0.0929. The van der Waals surface area contributed by atoms with Crippen molar-refractivity contribution in [3.8, 4) is 11.5 Å². The van der Waals surface area contributed by atoms with Crippen LogP contribution in [0.15, 0.2) is 18.2 Å².